The minimum atomic E-state index is -0.380. The Labute approximate surface area is 175 Å². The van der Waals surface area contributed by atoms with Gasteiger partial charge in [0.25, 0.3) is 0 Å². The van der Waals surface area contributed by atoms with Gasteiger partial charge in [0.1, 0.15) is 24.7 Å². The Morgan fingerprint density at radius 2 is 1.80 bits per heavy atom. The van der Waals surface area contributed by atoms with Gasteiger partial charge < -0.3 is 24.7 Å². The molecule has 3 rings (SSSR count). The third-order valence-electron chi connectivity index (χ3n) is 4.67. The summed E-state index contributed by atoms with van der Waals surface area (Å²) in [7, 11) is 3.08. The molecule has 0 aliphatic heterocycles. The fourth-order valence-electron chi connectivity index (χ4n) is 3.21. The number of para-hydroxylation sites is 2. The van der Waals surface area contributed by atoms with E-state index in [-0.39, 0.29) is 31.0 Å². The third kappa shape index (κ3) is 5.15. The van der Waals surface area contributed by atoms with Crippen molar-refractivity contribution in [2.45, 2.75) is 26.1 Å². The second-order valence-electron chi connectivity index (χ2n) is 6.89. The van der Waals surface area contributed by atoms with Crippen molar-refractivity contribution in [2.75, 3.05) is 20.8 Å². The van der Waals surface area contributed by atoms with Crippen molar-refractivity contribution in [3.8, 4) is 5.75 Å². The summed E-state index contributed by atoms with van der Waals surface area (Å²) in [4.78, 5) is 29.2. The summed E-state index contributed by atoms with van der Waals surface area (Å²) < 4.78 is 11.8. The van der Waals surface area contributed by atoms with Crippen molar-refractivity contribution in [1.29, 1.82) is 0 Å². The number of carbonyl (C=O) groups excluding carboxylic acids is 2. The molecule has 2 N–H and O–H groups in total. The molecule has 0 radical (unpaired) electrons. The number of rotatable bonds is 9. The van der Waals surface area contributed by atoms with Crippen molar-refractivity contribution in [1.82, 2.24) is 20.2 Å². The van der Waals surface area contributed by atoms with Crippen molar-refractivity contribution in [3.05, 3.63) is 59.9 Å². The third-order valence-corrected chi connectivity index (χ3v) is 4.67. The molecule has 1 atom stereocenters. The first-order valence-electron chi connectivity index (χ1n) is 9.65. The van der Waals surface area contributed by atoms with Crippen molar-refractivity contribution >= 4 is 22.8 Å². The summed E-state index contributed by atoms with van der Waals surface area (Å²) in [5.74, 6) is 0.988. The lowest BCUT2D eigenvalue weighted by atomic mass is 10.2. The highest BCUT2D eigenvalue weighted by Crippen LogP contribution is 2.21. The summed E-state index contributed by atoms with van der Waals surface area (Å²) in [6, 6.07) is 14.7. The second-order valence-corrected chi connectivity index (χ2v) is 6.89. The Bertz CT molecular complexity index is 1010. The fraction of sp³-hybridized carbons (Fsp3) is 0.318. The van der Waals surface area contributed by atoms with Crippen LogP contribution in [0.15, 0.2) is 48.5 Å². The van der Waals surface area contributed by atoms with Crippen LogP contribution in [0.3, 0.4) is 0 Å². The van der Waals surface area contributed by atoms with Gasteiger partial charge in [-0.15, -0.1) is 0 Å². The minimum absolute atomic E-state index is 0.0348. The van der Waals surface area contributed by atoms with Gasteiger partial charge in [-0.3, -0.25) is 9.59 Å². The quantitative estimate of drug-likeness (QED) is 0.564. The van der Waals surface area contributed by atoms with Crippen LogP contribution < -0.4 is 15.4 Å². The first-order valence-corrected chi connectivity index (χ1v) is 9.65. The predicted octanol–water partition coefficient (Wildman–Crippen LogP) is 2.18. The number of amides is 2. The lowest BCUT2D eigenvalue weighted by Gasteiger charge is -2.16. The molecule has 3 aromatic rings. The van der Waals surface area contributed by atoms with Gasteiger partial charge in [-0.05, 0) is 36.8 Å². The predicted molar refractivity (Wildman–Crippen MR) is 113 cm³/mol. The van der Waals surface area contributed by atoms with Gasteiger partial charge in [-0.2, -0.15) is 0 Å². The van der Waals surface area contributed by atoms with Gasteiger partial charge in [-0.1, -0.05) is 24.3 Å². The monoisotopic (exact) mass is 410 g/mol. The van der Waals surface area contributed by atoms with E-state index in [9.17, 15) is 9.59 Å². The summed E-state index contributed by atoms with van der Waals surface area (Å²) in [6.07, 6.45) is 0. The van der Waals surface area contributed by atoms with Gasteiger partial charge in [-0.25, -0.2) is 4.98 Å². The van der Waals surface area contributed by atoms with Crippen LogP contribution >= 0.6 is 0 Å². The van der Waals surface area contributed by atoms with Crippen molar-refractivity contribution in [3.63, 3.8) is 0 Å². The smallest absolute Gasteiger partial charge is 0.246 e. The largest absolute Gasteiger partial charge is 0.497 e. The SMILES string of the molecule is COCC(=O)NC(C)c1nc2ccccc2n1CC(=O)NCc1ccc(OC)cc1. The molecule has 1 heterocycles. The maximum absolute atomic E-state index is 12.7. The van der Waals surface area contributed by atoms with Crippen LogP contribution in [-0.2, 0) is 27.4 Å². The van der Waals surface area contributed by atoms with Gasteiger partial charge in [0, 0.05) is 13.7 Å². The first-order chi connectivity index (χ1) is 14.5. The number of benzene rings is 2. The van der Waals surface area contributed by atoms with E-state index in [4.69, 9.17) is 9.47 Å². The molecule has 8 nitrogen and oxygen atoms in total. The van der Waals surface area contributed by atoms with Crippen LogP contribution in [0.4, 0.5) is 0 Å². The Kier molecular flexibility index (Phi) is 7.03. The van der Waals surface area contributed by atoms with Gasteiger partial charge >= 0.3 is 0 Å². The molecule has 158 valence electrons. The zero-order chi connectivity index (χ0) is 21.5. The molecular weight excluding hydrogens is 384 g/mol. The zero-order valence-electron chi connectivity index (χ0n) is 17.3. The Morgan fingerprint density at radius 1 is 1.07 bits per heavy atom. The molecule has 0 fully saturated rings. The molecule has 30 heavy (non-hydrogen) atoms. The van der Waals surface area contributed by atoms with Crippen LogP contribution in [0.5, 0.6) is 5.75 Å². The number of imidazole rings is 1. The lowest BCUT2D eigenvalue weighted by molar-refractivity contribution is -0.125. The second kappa shape index (κ2) is 9.89. The maximum Gasteiger partial charge on any atom is 0.246 e. The van der Waals surface area contributed by atoms with Crippen LogP contribution in [0.25, 0.3) is 11.0 Å². The molecule has 0 saturated carbocycles. The van der Waals surface area contributed by atoms with Crippen LogP contribution in [0.2, 0.25) is 0 Å². The molecule has 0 bridgehead atoms. The molecule has 2 aromatic carbocycles. The highest BCUT2D eigenvalue weighted by molar-refractivity contribution is 5.82. The molecule has 1 aromatic heterocycles. The number of nitrogens with zero attached hydrogens (tertiary/aromatic N) is 2. The standard InChI is InChI=1S/C22H26N4O4/c1-15(24-21(28)14-29-2)22-25-18-6-4-5-7-19(18)26(22)13-20(27)23-12-16-8-10-17(30-3)11-9-16/h4-11,15H,12-14H2,1-3H3,(H,23,27)(H,24,28). The number of methoxy groups -OCH3 is 2. The Hall–Kier alpha value is -3.39. The highest BCUT2D eigenvalue weighted by atomic mass is 16.5. The lowest BCUT2D eigenvalue weighted by Crippen LogP contribution is -2.33. The van der Waals surface area contributed by atoms with E-state index in [1.54, 1.807) is 7.11 Å². The summed E-state index contributed by atoms with van der Waals surface area (Å²) in [6.45, 7) is 2.30. The molecule has 0 saturated heterocycles. The van der Waals surface area contributed by atoms with Gasteiger partial charge in [0.15, 0.2) is 0 Å². The Balaban J connectivity index is 1.74. The molecular formula is C22H26N4O4. The van der Waals surface area contributed by atoms with Crippen LogP contribution in [0.1, 0.15) is 24.4 Å². The van der Waals surface area contributed by atoms with E-state index in [1.165, 1.54) is 7.11 Å². The van der Waals surface area contributed by atoms with Crippen molar-refractivity contribution in [2.24, 2.45) is 0 Å². The summed E-state index contributed by atoms with van der Waals surface area (Å²) >= 11 is 0. The van der Waals surface area contributed by atoms with E-state index in [1.807, 2.05) is 60.0 Å². The average molecular weight is 410 g/mol. The van der Waals surface area contributed by atoms with Crippen molar-refractivity contribution < 1.29 is 19.1 Å². The number of ether oxygens (including phenoxy) is 2. The number of fused-ring (bicyclic) bond motifs is 1. The molecule has 8 heteroatoms. The van der Waals surface area contributed by atoms with Crippen LogP contribution in [-0.4, -0.2) is 42.2 Å². The molecule has 1 unspecified atom stereocenters. The number of carbonyl (C=O) groups is 2. The fourth-order valence-corrected chi connectivity index (χ4v) is 3.21. The molecule has 0 spiro atoms. The van der Waals surface area contributed by atoms with E-state index in [2.05, 4.69) is 15.6 Å². The average Bonchev–Trinajstić information content (AvgIpc) is 3.11. The summed E-state index contributed by atoms with van der Waals surface area (Å²) in [5.41, 5.74) is 2.57. The minimum Gasteiger partial charge on any atom is -0.497 e. The number of nitrogens with one attached hydrogen (secondary N) is 2. The van der Waals surface area contributed by atoms with E-state index < -0.39 is 0 Å². The number of hydrogen-bond donors (Lipinski definition) is 2. The van der Waals surface area contributed by atoms with E-state index >= 15 is 0 Å². The van der Waals surface area contributed by atoms with E-state index in [0.717, 1.165) is 22.3 Å². The summed E-state index contributed by atoms with van der Waals surface area (Å²) in [5, 5.41) is 5.78. The molecule has 0 aliphatic carbocycles. The molecule has 2 amide bonds. The highest BCUT2D eigenvalue weighted by Gasteiger charge is 2.20. The first kappa shape index (κ1) is 21.3. The molecule has 0 aliphatic rings. The topological polar surface area (TPSA) is 94.5 Å². The number of hydrogen-bond acceptors (Lipinski definition) is 5. The Morgan fingerprint density at radius 3 is 2.50 bits per heavy atom. The zero-order valence-corrected chi connectivity index (χ0v) is 17.3. The number of aromatic nitrogens is 2. The van der Waals surface area contributed by atoms with Gasteiger partial charge in [0.2, 0.25) is 11.8 Å². The van der Waals surface area contributed by atoms with Gasteiger partial charge in [0.05, 0.1) is 24.2 Å². The normalized spacial score (nSPS) is 11.8. The van der Waals surface area contributed by atoms with Crippen LogP contribution in [0, 0.1) is 0 Å². The maximum atomic E-state index is 12.7. The van der Waals surface area contributed by atoms with E-state index in [0.29, 0.717) is 12.4 Å².